The van der Waals surface area contributed by atoms with Gasteiger partial charge in [-0.3, -0.25) is 0 Å². The first kappa shape index (κ1) is 16.6. The summed E-state index contributed by atoms with van der Waals surface area (Å²) >= 11 is 0. The summed E-state index contributed by atoms with van der Waals surface area (Å²) in [5, 5.41) is 16.3. The number of aryl methyl sites for hydroxylation is 1. The van der Waals surface area contributed by atoms with Crippen molar-refractivity contribution in [2.75, 3.05) is 6.61 Å². The minimum Gasteiger partial charge on any atom is -0.395 e. The summed E-state index contributed by atoms with van der Waals surface area (Å²) in [7, 11) is 0. The second-order valence-corrected chi connectivity index (χ2v) is 7.62. The first-order chi connectivity index (χ1) is 13.3. The Morgan fingerprint density at radius 3 is 2.67 bits per heavy atom. The van der Waals surface area contributed by atoms with Crippen molar-refractivity contribution in [2.45, 2.75) is 37.8 Å². The molecule has 0 amide bonds. The monoisotopic (exact) mass is 359 g/mol. The topological polar surface area (TPSA) is 63.8 Å². The average molecular weight is 359 g/mol. The zero-order valence-electron chi connectivity index (χ0n) is 15.3. The number of aliphatic hydroxyl groups is 1. The molecule has 0 radical (unpaired) electrons. The van der Waals surface area contributed by atoms with Crippen molar-refractivity contribution in [2.24, 2.45) is 0 Å². The molecule has 2 aromatic carbocycles. The highest BCUT2D eigenvalue weighted by molar-refractivity contribution is 5.85. The molecule has 0 saturated heterocycles. The maximum atomic E-state index is 10.0. The van der Waals surface area contributed by atoms with Gasteiger partial charge in [0.25, 0.3) is 0 Å². The molecule has 138 valence electrons. The van der Waals surface area contributed by atoms with Gasteiger partial charge in [-0.25, -0.2) is 0 Å². The molecule has 2 heterocycles. The smallest absolute Gasteiger partial charge is 0.0588 e. The van der Waals surface area contributed by atoms with Crippen LogP contribution in [-0.4, -0.2) is 27.7 Å². The molecule has 2 aromatic heterocycles. The van der Waals surface area contributed by atoms with Crippen LogP contribution in [-0.2, 0) is 12.8 Å². The molecule has 0 aliphatic heterocycles. The molecule has 1 aliphatic carbocycles. The van der Waals surface area contributed by atoms with Gasteiger partial charge in [0.2, 0.25) is 0 Å². The number of para-hydroxylation sites is 2. The second-order valence-electron chi connectivity index (χ2n) is 7.62. The van der Waals surface area contributed by atoms with Gasteiger partial charge in [-0.1, -0.05) is 36.4 Å². The zero-order chi connectivity index (χ0) is 18.2. The van der Waals surface area contributed by atoms with Crippen LogP contribution in [0.1, 0.15) is 35.7 Å². The molecule has 2 unspecified atom stereocenters. The summed E-state index contributed by atoms with van der Waals surface area (Å²) in [4.78, 5) is 6.97. The second kappa shape index (κ2) is 6.87. The molecular formula is C23H25N3O. The third-order valence-electron chi connectivity index (χ3n) is 5.91. The number of benzene rings is 2. The fraction of sp³-hybridized carbons (Fsp3) is 0.304. The Bertz CT molecular complexity index is 1080. The van der Waals surface area contributed by atoms with E-state index in [1.807, 2.05) is 6.07 Å². The molecule has 4 aromatic rings. The first-order valence-corrected chi connectivity index (χ1v) is 9.85. The molecule has 1 aliphatic rings. The van der Waals surface area contributed by atoms with E-state index in [1.54, 1.807) is 0 Å². The van der Waals surface area contributed by atoms with E-state index in [-0.39, 0.29) is 18.7 Å². The van der Waals surface area contributed by atoms with Crippen molar-refractivity contribution < 1.29 is 5.11 Å². The maximum Gasteiger partial charge on any atom is 0.0588 e. The van der Waals surface area contributed by atoms with Crippen LogP contribution in [0.3, 0.4) is 0 Å². The first-order valence-electron chi connectivity index (χ1n) is 9.85. The van der Waals surface area contributed by atoms with E-state index in [4.69, 9.17) is 0 Å². The molecule has 5 rings (SSSR count). The predicted octanol–water partition coefficient (Wildman–Crippen LogP) is 4.22. The molecule has 4 heteroatoms. The highest BCUT2D eigenvalue weighted by atomic mass is 16.3. The highest BCUT2D eigenvalue weighted by Gasteiger charge is 2.26. The summed E-state index contributed by atoms with van der Waals surface area (Å²) in [6.45, 7) is 0.131. The SMILES string of the molecule is OCC(Cc1c[nH]c2ccccc12)NC1CCCc2c1[nH]c1ccccc21. The summed E-state index contributed by atoms with van der Waals surface area (Å²) in [6, 6.07) is 17.2. The maximum absolute atomic E-state index is 10.0. The average Bonchev–Trinajstić information content (AvgIpc) is 3.29. The molecule has 0 fully saturated rings. The quantitative estimate of drug-likeness (QED) is 0.431. The minimum absolute atomic E-state index is 0.0339. The van der Waals surface area contributed by atoms with E-state index >= 15 is 0 Å². The Kier molecular flexibility index (Phi) is 4.23. The standard InChI is InChI=1S/C23H25N3O/c27-14-16(12-15-13-24-20-9-3-1-6-17(15)20)25-22-11-5-8-19-18-7-2-4-10-21(18)26-23(19)22/h1-4,6-7,9-10,13,16,22,24-27H,5,8,11-12,14H2. The molecule has 4 nitrogen and oxygen atoms in total. The van der Waals surface area contributed by atoms with Crippen LogP contribution >= 0.6 is 0 Å². The molecule has 0 saturated carbocycles. The Morgan fingerprint density at radius 2 is 1.81 bits per heavy atom. The summed E-state index contributed by atoms with van der Waals surface area (Å²) in [5.74, 6) is 0. The van der Waals surface area contributed by atoms with E-state index in [9.17, 15) is 5.11 Å². The third-order valence-corrected chi connectivity index (χ3v) is 5.91. The fourth-order valence-corrected chi connectivity index (χ4v) is 4.61. The van der Waals surface area contributed by atoms with E-state index < -0.39 is 0 Å². The van der Waals surface area contributed by atoms with Crippen molar-refractivity contribution in [1.29, 1.82) is 0 Å². The van der Waals surface area contributed by atoms with Crippen LogP contribution in [0.4, 0.5) is 0 Å². The Hall–Kier alpha value is -2.56. The van der Waals surface area contributed by atoms with Gasteiger partial charge in [0.05, 0.1) is 6.61 Å². The fourth-order valence-electron chi connectivity index (χ4n) is 4.61. The lowest BCUT2D eigenvalue weighted by atomic mass is 9.91. The number of hydrogen-bond acceptors (Lipinski definition) is 2. The van der Waals surface area contributed by atoms with Crippen molar-refractivity contribution in [1.82, 2.24) is 15.3 Å². The van der Waals surface area contributed by atoms with Crippen molar-refractivity contribution in [3.63, 3.8) is 0 Å². The minimum atomic E-state index is 0.0339. The van der Waals surface area contributed by atoms with E-state index in [0.717, 1.165) is 24.8 Å². The Labute approximate surface area is 158 Å². The zero-order valence-corrected chi connectivity index (χ0v) is 15.3. The number of aliphatic hydroxyl groups excluding tert-OH is 1. The lowest BCUT2D eigenvalue weighted by molar-refractivity contribution is 0.225. The molecule has 27 heavy (non-hydrogen) atoms. The molecule has 0 bridgehead atoms. The number of aromatic amines is 2. The number of aromatic nitrogens is 2. The van der Waals surface area contributed by atoms with Crippen LogP contribution in [0.15, 0.2) is 54.7 Å². The van der Waals surface area contributed by atoms with Crippen LogP contribution in [0, 0.1) is 0 Å². The van der Waals surface area contributed by atoms with Crippen LogP contribution in [0.2, 0.25) is 0 Å². The molecular weight excluding hydrogens is 334 g/mol. The van der Waals surface area contributed by atoms with Gasteiger partial charge >= 0.3 is 0 Å². The van der Waals surface area contributed by atoms with Crippen LogP contribution in [0.5, 0.6) is 0 Å². The third kappa shape index (κ3) is 2.95. The van der Waals surface area contributed by atoms with Crippen LogP contribution in [0.25, 0.3) is 21.8 Å². The van der Waals surface area contributed by atoms with E-state index in [0.29, 0.717) is 0 Å². The van der Waals surface area contributed by atoms with E-state index in [1.165, 1.54) is 39.5 Å². The number of fused-ring (bicyclic) bond motifs is 4. The largest absolute Gasteiger partial charge is 0.395 e. The van der Waals surface area contributed by atoms with Gasteiger partial charge in [0, 0.05) is 45.8 Å². The Morgan fingerprint density at radius 1 is 1.04 bits per heavy atom. The van der Waals surface area contributed by atoms with Gasteiger partial charge in [-0.2, -0.15) is 0 Å². The van der Waals surface area contributed by atoms with Gasteiger partial charge in [-0.15, -0.1) is 0 Å². The van der Waals surface area contributed by atoms with Gasteiger partial charge in [-0.05, 0) is 48.9 Å². The van der Waals surface area contributed by atoms with E-state index in [2.05, 4.69) is 63.9 Å². The van der Waals surface area contributed by atoms with Gasteiger partial charge in [0.15, 0.2) is 0 Å². The Balaban J connectivity index is 1.41. The van der Waals surface area contributed by atoms with Crippen LogP contribution < -0.4 is 5.32 Å². The molecule has 0 spiro atoms. The predicted molar refractivity (Wildman–Crippen MR) is 110 cm³/mol. The van der Waals surface area contributed by atoms with Gasteiger partial charge < -0.3 is 20.4 Å². The van der Waals surface area contributed by atoms with Crippen molar-refractivity contribution in [3.8, 4) is 0 Å². The number of nitrogens with one attached hydrogen (secondary N) is 3. The lowest BCUT2D eigenvalue weighted by Crippen LogP contribution is -2.38. The molecule has 2 atom stereocenters. The number of rotatable bonds is 5. The summed E-state index contributed by atoms with van der Waals surface area (Å²) < 4.78 is 0. The lowest BCUT2D eigenvalue weighted by Gasteiger charge is -2.28. The van der Waals surface area contributed by atoms with Crippen molar-refractivity contribution >= 4 is 21.8 Å². The highest BCUT2D eigenvalue weighted by Crippen LogP contribution is 2.35. The summed E-state index contributed by atoms with van der Waals surface area (Å²) in [6.07, 6.45) is 6.29. The van der Waals surface area contributed by atoms with Gasteiger partial charge in [0.1, 0.15) is 0 Å². The molecule has 4 N–H and O–H groups in total. The number of H-pyrrole nitrogens is 2. The van der Waals surface area contributed by atoms with Crippen molar-refractivity contribution in [3.05, 3.63) is 71.5 Å². The normalized spacial score (nSPS) is 18.0. The summed E-state index contributed by atoms with van der Waals surface area (Å²) in [5.41, 5.74) is 6.37. The number of hydrogen-bond donors (Lipinski definition) is 4.